The molecule has 6 atom stereocenters. The Hall–Kier alpha value is -1.82. The van der Waals surface area contributed by atoms with Crippen molar-refractivity contribution in [2.24, 2.45) is 0 Å². The average Bonchev–Trinajstić information content (AvgIpc) is 3.17. The largest absolute Gasteiger partial charge is 0.462 e. The van der Waals surface area contributed by atoms with E-state index in [0.29, 0.717) is 6.42 Å². The molecule has 1 saturated heterocycles. The van der Waals surface area contributed by atoms with Crippen molar-refractivity contribution in [2.75, 3.05) is 19.8 Å². The van der Waals surface area contributed by atoms with Crippen molar-refractivity contribution >= 4 is 11.9 Å². The van der Waals surface area contributed by atoms with E-state index in [1.807, 2.05) is 0 Å². The molecule has 1 heterocycles. The third-order valence-corrected chi connectivity index (χ3v) is 10.1. The zero-order valence-corrected chi connectivity index (χ0v) is 34.2. The lowest BCUT2D eigenvalue weighted by molar-refractivity contribution is -0.305. The third kappa shape index (κ3) is 26.9. The SMILES string of the molecule is CCCCC/C=C/CCCCCCCC(=O)O[C@@H](COC(=O)CCCCCCCCC/C=C/CCCCCCCC)CO[C@H]1O[C@@H](CO)[C@@H](O)C(O)C1O. The highest BCUT2D eigenvalue weighted by Gasteiger charge is 2.44. The number of esters is 2. The number of carbonyl (C=O) groups is 2. The second kappa shape index (κ2) is 35.6. The molecule has 10 nitrogen and oxygen atoms in total. The summed E-state index contributed by atoms with van der Waals surface area (Å²) in [7, 11) is 0. The molecule has 0 amide bonds. The maximum atomic E-state index is 12.7. The van der Waals surface area contributed by atoms with E-state index in [2.05, 4.69) is 38.2 Å². The van der Waals surface area contributed by atoms with Gasteiger partial charge in [-0.15, -0.1) is 0 Å². The summed E-state index contributed by atoms with van der Waals surface area (Å²) in [4.78, 5) is 25.3. The van der Waals surface area contributed by atoms with Crippen molar-refractivity contribution in [2.45, 2.75) is 224 Å². The van der Waals surface area contributed by atoms with E-state index in [1.165, 1.54) is 83.5 Å². The first-order chi connectivity index (χ1) is 26.3. The Morgan fingerprint density at radius 1 is 0.556 bits per heavy atom. The van der Waals surface area contributed by atoms with E-state index in [0.717, 1.165) is 70.6 Å². The number of hydrogen-bond donors (Lipinski definition) is 4. The van der Waals surface area contributed by atoms with Gasteiger partial charge in [-0.3, -0.25) is 9.59 Å². The molecule has 1 fully saturated rings. The Bertz CT molecular complexity index is 938. The first-order valence-electron chi connectivity index (χ1n) is 21.9. The van der Waals surface area contributed by atoms with Gasteiger partial charge < -0.3 is 39.4 Å². The summed E-state index contributed by atoms with van der Waals surface area (Å²) in [6.45, 7) is 3.38. The number of rotatable bonds is 36. The predicted octanol–water partition coefficient (Wildman–Crippen LogP) is 8.94. The smallest absolute Gasteiger partial charge is 0.306 e. The van der Waals surface area contributed by atoms with Crippen LogP contribution < -0.4 is 0 Å². The van der Waals surface area contributed by atoms with Gasteiger partial charge in [-0.25, -0.2) is 0 Å². The van der Waals surface area contributed by atoms with E-state index in [-0.39, 0.29) is 32.0 Å². The molecule has 54 heavy (non-hydrogen) atoms. The molecule has 0 aromatic rings. The molecule has 0 aromatic heterocycles. The first kappa shape index (κ1) is 50.2. The first-order valence-corrected chi connectivity index (χ1v) is 21.9. The second-order valence-corrected chi connectivity index (χ2v) is 15.1. The summed E-state index contributed by atoms with van der Waals surface area (Å²) in [6, 6.07) is 0. The van der Waals surface area contributed by atoms with Crippen LogP contribution in [-0.4, -0.2) is 89.0 Å². The van der Waals surface area contributed by atoms with Gasteiger partial charge in [0.15, 0.2) is 12.4 Å². The van der Waals surface area contributed by atoms with Gasteiger partial charge in [0.25, 0.3) is 0 Å². The lowest BCUT2D eigenvalue weighted by atomic mass is 9.99. The van der Waals surface area contributed by atoms with Crippen molar-refractivity contribution in [3.63, 3.8) is 0 Å². The maximum absolute atomic E-state index is 12.7. The van der Waals surface area contributed by atoms with Gasteiger partial charge in [0.05, 0.1) is 13.2 Å². The minimum atomic E-state index is -1.59. The fraction of sp³-hybridized carbons (Fsp3) is 0.864. The molecule has 0 radical (unpaired) electrons. The van der Waals surface area contributed by atoms with Gasteiger partial charge in [-0.05, 0) is 64.2 Å². The quantitative estimate of drug-likeness (QED) is 0.0276. The summed E-state index contributed by atoms with van der Waals surface area (Å²) in [5, 5.41) is 40.0. The molecule has 0 aliphatic carbocycles. The molecule has 0 bridgehead atoms. The molecule has 0 saturated carbocycles. The minimum Gasteiger partial charge on any atom is -0.462 e. The molecule has 0 aromatic carbocycles. The highest BCUT2D eigenvalue weighted by molar-refractivity contribution is 5.70. The Kier molecular flexibility index (Phi) is 33.1. The topological polar surface area (TPSA) is 152 Å². The lowest BCUT2D eigenvalue weighted by Gasteiger charge is -2.39. The molecule has 1 aliphatic rings. The van der Waals surface area contributed by atoms with Gasteiger partial charge in [0.2, 0.25) is 0 Å². The molecule has 1 aliphatic heterocycles. The minimum absolute atomic E-state index is 0.220. The Morgan fingerprint density at radius 3 is 1.48 bits per heavy atom. The highest BCUT2D eigenvalue weighted by atomic mass is 16.7. The van der Waals surface area contributed by atoms with Crippen LogP contribution in [0.3, 0.4) is 0 Å². The van der Waals surface area contributed by atoms with Crippen LogP contribution in [0, 0.1) is 0 Å². The van der Waals surface area contributed by atoms with Crippen molar-refractivity contribution in [1.82, 2.24) is 0 Å². The summed E-state index contributed by atoms with van der Waals surface area (Å²) in [5.41, 5.74) is 0. The Labute approximate surface area is 328 Å². The molecule has 0 spiro atoms. The summed E-state index contributed by atoms with van der Waals surface area (Å²) >= 11 is 0. The van der Waals surface area contributed by atoms with Crippen LogP contribution in [0.4, 0.5) is 0 Å². The fourth-order valence-corrected chi connectivity index (χ4v) is 6.53. The molecule has 10 heteroatoms. The average molecular weight is 769 g/mol. The number of carbonyl (C=O) groups excluding carboxylic acids is 2. The zero-order chi connectivity index (χ0) is 39.5. The summed E-state index contributed by atoms with van der Waals surface area (Å²) in [5.74, 6) is -0.819. The number of ether oxygens (including phenoxy) is 4. The zero-order valence-electron chi connectivity index (χ0n) is 34.2. The number of aliphatic hydroxyl groups excluding tert-OH is 4. The molecule has 2 unspecified atom stereocenters. The van der Waals surface area contributed by atoms with Gasteiger partial charge in [0.1, 0.15) is 31.0 Å². The molecular weight excluding hydrogens is 688 g/mol. The van der Waals surface area contributed by atoms with Crippen molar-refractivity contribution < 1.29 is 49.0 Å². The third-order valence-electron chi connectivity index (χ3n) is 10.1. The van der Waals surface area contributed by atoms with Crippen molar-refractivity contribution in [3.8, 4) is 0 Å². The molecular formula is C44H80O10. The lowest BCUT2D eigenvalue weighted by Crippen LogP contribution is -2.59. The highest BCUT2D eigenvalue weighted by Crippen LogP contribution is 2.22. The van der Waals surface area contributed by atoms with Gasteiger partial charge in [-0.1, -0.05) is 134 Å². The van der Waals surface area contributed by atoms with Gasteiger partial charge >= 0.3 is 11.9 Å². The number of aliphatic hydroxyl groups is 4. The normalized spacial score (nSPS) is 20.9. The van der Waals surface area contributed by atoms with Crippen LogP contribution in [0.2, 0.25) is 0 Å². The van der Waals surface area contributed by atoms with E-state index < -0.39 is 49.4 Å². The van der Waals surface area contributed by atoms with Crippen LogP contribution >= 0.6 is 0 Å². The van der Waals surface area contributed by atoms with Crippen LogP contribution in [-0.2, 0) is 28.5 Å². The fourth-order valence-electron chi connectivity index (χ4n) is 6.53. The maximum Gasteiger partial charge on any atom is 0.306 e. The second-order valence-electron chi connectivity index (χ2n) is 15.1. The molecule has 1 rings (SSSR count). The molecule has 4 N–H and O–H groups in total. The standard InChI is InChI=1S/C44H80O10/c1-3-5-7-9-11-13-15-17-18-19-20-21-23-24-26-28-30-32-39(46)51-35-37(36-52-44-43(50)42(49)41(48)38(34-45)54-44)53-40(47)33-31-29-27-25-22-16-14-12-10-8-6-4-2/h12,14,17-18,37-38,41-45,48-50H,3-11,13,15-16,19-36H2,1-2H3/b14-12+,18-17+/t37-,38-,41+,42?,43?,44-/m0/s1. The van der Waals surface area contributed by atoms with Crippen LogP contribution in [0.15, 0.2) is 24.3 Å². The van der Waals surface area contributed by atoms with Crippen LogP contribution in [0.1, 0.15) is 187 Å². The van der Waals surface area contributed by atoms with Crippen LogP contribution in [0.5, 0.6) is 0 Å². The van der Waals surface area contributed by atoms with Crippen LogP contribution in [0.25, 0.3) is 0 Å². The van der Waals surface area contributed by atoms with E-state index >= 15 is 0 Å². The van der Waals surface area contributed by atoms with Gasteiger partial charge in [-0.2, -0.15) is 0 Å². The predicted molar refractivity (Wildman–Crippen MR) is 215 cm³/mol. The monoisotopic (exact) mass is 769 g/mol. The van der Waals surface area contributed by atoms with Crippen molar-refractivity contribution in [1.29, 1.82) is 0 Å². The Morgan fingerprint density at radius 2 is 0.981 bits per heavy atom. The number of unbranched alkanes of at least 4 members (excludes halogenated alkanes) is 21. The number of allylic oxidation sites excluding steroid dienone is 4. The van der Waals surface area contributed by atoms with E-state index in [1.54, 1.807) is 0 Å². The summed E-state index contributed by atoms with van der Waals surface area (Å²) in [6.07, 6.45) is 30.4. The van der Waals surface area contributed by atoms with E-state index in [9.17, 15) is 30.0 Å². The van der Waals surface area contributed by atoms with Gasteiger partial charge in [0, 0.05) is 12.8 Å². The van der Waals surface area contributed by atoms with Crippen molar-refractivity contribution in [3.05, 3.63) is 24.3 Å². The number of hydrogen-bond acceptors (Lipinski definition) is 10. The summed E-state index contributed by atoms with van der Waals surface area (Å²) < 4.78 is 22.1. The van der Waals surface area contributed by atoms with E-state index in [4.69, 9.17) is 18.9 Å². The Balaban J connectivity index is 2.33. The molecule has 316 valence electrons.